The van der Waals surface area contributed by atoms with E-state index in [1.54, 1.807) is 13.0 Å². The van der Waals surface area contributed by atoms with Gasteiger partial charge in [0.1, 0.15) is 11.6 Å². The third-order valence-corrected chi connectivity index (χ3v) is 2.41. The molecule has 0 spiro atoms. The number of hydrogen-bond acceptors (Lipinski definition) is 6. The summed E-state index contributed by atoms with van der Waals surface area (Å²) in [5, 5.41) is 13.3. The Bertz CT molecular complexity index is 408. The van der Waals surface area contributed by atoms with Gasteiger partial charge in [0.2, 0.25) is 5.88 Å². The van der Waals surface area contributed by atoms with Crippen LogP contribution in [-0.2, 0) is 0 Å². The molecule has 0 saturated heterocycles. The number of nitrogens with zero attached hydrogens (tertiary/aromatic N) is 3. The Hall–Kier alpha value is -1.40. The van der Waals surface area contributed by atoms with Crippen LogP contribution in [0, 0.1) is 6.92 Å². The van der Waals surface area contributed by atoms with Crippen LogP contribution >= 0.6 is 0 Å². The van der Waals surface area contributed by atoms with E-state index in [0.29, 0.717) is 37.2 Å². The molecule has 1 atom stereocenters. The minimum Gasteiger partial charge on any atom is -0.478 e. The van der Waals surface area contributed by atoms with E-state index in [2.05, 4.69) is 15.3 Å². The molecule has 6 nitrogen and oxygen atoms in total. The first-order valence-electron chi connectivity index (χ1n) is 6.42. The van der Waals surface area contributed by atoms with Gasteiger partial charge in [-0.25, -0.2) is 4.98 Å². The molecule has 0 bridgehead atoms. The number of anilines is 1. The first kappa shape index (κ1) is 15.7. The molecule has 0 radical (unpaired) electrons. The van der Waals surface area contributed by atoms with Gasteiger partial charge in [-0.2, -0.15) is 4.98 Å². The Morgan fingerprint density at radius 2 is 2.11 bits per heavy atom. The average Bonchev–Trinajstić information content (AvgIpc) is 2.24. The van der Waals surface area contributed by atoms with E-state index in [-0.39, 0.29) is 0 Å². The van der Waals surface area contributed by atoms with Gasteiger partial charge in [0.25, 0.3) is 0 Å². The summed E-state index contributed by atoms with van der Waals surface area (Å²) < 4.78 is 5.36. The van der Waals surface area contributed by atoms with Crippen LogP contribution in [0.5, 0.6) is 5.88 Å². The zero-order valence-electron chi connectivity index (χ0n) is 12.4. The molecule has 0 aromatic carbocycles. The van der Waals surface area contributed by atoms with Crippen molar-refractivity contribution in [1.82, 2.24) is 14.9 Å². The van der Waals surface area contributed by atoms with Crippen LogP contribution in [0.2, 0.25) is 0 Å². The van der Waals surface area contributed by atoms with E-state index in [1.165, 1.54) is 0 Å². The molecule has 6 heteroatoms. The number of rotatable bonds is 7. The van der Waals surface area contributed by atoms with Gasteiger partial charge in [-0.15, -0.1) is 0 Å². The molecule has 1 aromatic heterocycles. The van der Waals surface area contributed by atoms with E-state index in [9.17, 15) is 5.11 Å². The summed E-state index contributed by atoms with van der Waals surface area (Å²) in [6, 6.07) is 1.74. The Morgan fingerprint density at radius 1 is 1.42 bits per heavy atom. The second-order valence-electron chi connectivity index (χ2n) is 5.16. The highest BCUT2D eigenvalue weighted by atomic mass is 16.5. The van der Waals surface area contributed by atoms with Crippen LogP contribution in [0.25, 0.3) is 0 Å². The molecule has 1 heterocycles. The predicted molar refractivity (Wildman–Crippen MR) is 75.6 cm³/mol. The molecule has 0 fully saturated rings. The lowest BCUT2D eigenvalue weighted by Gasteiger charge is -2.27. The van der Waals surface area contributed by atoms with E-state index >= 15 is 0 Å². The van der Waals surface area contributed by atoms with Crippen LogP contribution in [0.4, 0.5) is 5.82 Å². The lowest BCUT2D eigenvalue weighted by molar-refractivity contribution is 0.0459. The standard InChI is InChI=1S/C13H24N4O2/c1-6-19-12-7-11(15-10(2)16-12)14-8-13(3,18)9-17(4)5/h7,18H,6,8-9H2,1-5H3,(H,14,15,16). The molecule has 19 heavy (non-hydrogen) atoms. The van der Waals surface area contributed by atoms with Crippen LogP contribution in [0.1, 0.15) is 19.7 Å². The number of aromatic nitrogens is 2. The average molecular weight is 268 g/mol. The fourth-order valence-corrected chi connectivity index (χ4v) is 1.87. The first-order chi connectivity index (χ1) is 8.82. The van der Waals surface area contributed by atoms with Crippen molar-refractivity contribution in [3.63, 3.8) is 0 Å². The molecule has 2 N–H and O–H groups in total. The summed E-state index contributed by atoms with van der Waals surface area (Å²) in [4.78, 5) is 10.4. The van der Waals surface area contributed by atoms with Crippen LogP contribution in [0.15, 0.2) is 6.07 Å². The Labute approximate surface area is 114 Å². The van der Waals surface area contributed by atoms with Gasteiger partial charge >= 0.3 is 0 Å². The fourth-order valence-electron chi connectivity index (χ4n) is 1.87. The summed E-state index contributed by atoms with van der Waals surface area (Å²) in [6.07, 6.45) is 0. The van der Waals surface area contributed by atoms with Crippen molar-refractivity contribution in [2.24, 2.45) is 0 Å². The number of ether oxygens (including phenoxy) is 1. The maximum atomic E-state index is 10.2. The molecule has 0 aliphatic rings. The Morgan fingerprint density at radius 3 is 2.68 bits per heavy atom. The van der Waals surface area contributed by atoms with Crippen molar-refractivity contribution in [3.05, 3.63) is 11.9 Å². The highest BCUT2D eigenvalue weighted by Crippen LogP contribution is 2.14. The van der Waals surface area contributed by atoms with Gasteiger partial charge in [-0.05, 0) is 34.9 Å². The van der Waals surface area contributed by atoms with Crippen molar-refractivity contribution >= 4 is 5.82 Å². The molecule has 1 rings (SSSR count). The minimum atomic E-state index is -0.825. The van der Waals surface area contributed by atoms with E-state index < -0.39 is 5.60 Å². The molecule has 0 aliphatic heterocycles. The predicted octanol–water partition coefficient (Wildman–Crippen LogP) is 0.908. The van der Waals surface area contributed by atoms with Gasteiger partial charge in [0.05, 0.1) is 12.2 Å². The number of likely N-dealkylation sites (N-methyl/N-ethyl adjacent to an activating group) is 1. The van der Waals surface area contributed by atoms with Crippen LogP contribution < -0.4 is 10.1 Å². The van der Waals surface area contributed by atoms with Gasteiger partial charge in [0, 0.05) is 19.2 Å². The lowest BCUT2D eigenvalue weighted by Crippen LogP contribution is -2.43. The first-order valence-corrected chi connectivity index (χ1v) is 6.42. The lowest BCUT2D eigenvalue weighted by atomic mass is 10.1. The molecule has 1 unspecified atom stereocenters. The topological polar surface area (TPSA) is 70.5 Å². The van der Waals surface area contributed by atoms with Gasteiger partial charge < -0.3 is 20.1 Å². The Kier molecular flexibility index (Phi) is 5.50. The zero-order chi connectivity index (χ0) is 14.5. The molecule has 1 aromatic rings. The maximum Gasteiger partial charge on any atom is 0.218 e. The number of aryl methyl sites for hydroxylation is 1. The second-order valence-corrected chi connectivity index (χ2v) is 5.16. The van der Waals surface area contributed by atoms with Gasteiger partial charge in [-0.3, -0.25) is 0 Å². The van der Waals surface area contributed by atoms with Crippen molar-refractivity contribution < 1.29 is 9.84 Å². The normalized spacial score (nSPS) is 14.3. The monoisotopic (exact) mass is 268 g/mol. The molecular weight excluding hydrogens is 244 g/mol. The number of hydrogen-bond donors (Lipinski definition) is 2. The van der Waals surface area contributed by atoms with Crippen molar-refractivity contribution in [2.45, 2.75) is 26.4 Å². The molecule has 108 valence electrons. The van der Waals surface area contributed by atoms with Crippen LogP contribution in [-0.4, -0.2) is 59.4 Å². The van der Waals surface area contributed by atoms with E-state index in [0.717, 1.165) is 0 Å². The summed E-state index contributed by atoms with van der Waals surface area (Å²) >= 11 is 0. The fraction of sp³-hybridized carbons (Fsp3) is 0.692. The molecular formula is C13H24N4O2. The number of aliphatic hydroxyl groups is 1. The third kappa shape index (κ3) is 5.85. The maximum absolute atomic E-state index is 10.2. The van der Waals surface area contributed by atoms with Gasteiger partial charge in [0.15, 0.2) is 0 Å². The van der Waals surface area contributed by atoms with Crippen molar-refractivity contribution in [1.29, 1.82) is 0 Å². The SMILES string of the molecule is CCOc1cc(NCC(C)(O)CN(C)C)nc(C)n1. The molecule has 0 aliphatic carbocycles. The highest BCUT2D eigenvalue weighted by molar-refractivity contribution is 5.38. The Balaban J connectivity index is 2.66. The minimum absolute atomic E-state index is 0.410. The second kappa shape index (κ2) is 6.68. The summed E-state index contributed by atoms with van der Waals surface area (Å²) in [7, 11) is 3.85. The quantitative estimate of drug-likeness (QED) is 0.766. The molecule has 0 amide bonds. The van der Waals surface area contributed by atoms with E-state index in [4.69, 9.17) is 4.74 Å². The summed E-state index contributed by atoms with van der Waals surface area (Å²) in [5.41, 5.74) is -0.825. The summed E-state index contributed by atoms with van der Waals surface area (Å²) in [6.45, 7) is 7.05. The van der Waals surface area contributed by atoms with Gasteiger partial charge in [-0.1, -0.05) is 0 Å². The largest absolute Gasteiger partial charge is 0.478 e. The van der Waals surface area contributed by atoms with E-state index in [1.807, 2.05) is 32.8 Å². The van der Waals surface area contributed by atoms with Crippen molar-refractivity contribution in [2.75, 3.05) is 39.1 Å². The summed E-state index contributed by atoms with van der Waals surface area (Å²) in [5.74, 6) is 1.85. The third-order valence-electron chi connectivity index (χ3n) is 2.41. The van der Waals surface area contributed by atoms with Crippen molar-refractivity contribution in [3.8, 4) is 5.88 Å². The highest BCUT2D eigenvalue weighted by Gasteiger charge is 2.21. The number of nitrogens with one attached hydrogen (secondary N) is 1. The molecule has 0 saturated carbocycles. The zero-order valence-corrected chi connectivity index (χ0v) is 12.4. The van der Waals surface area contributed by atoms with Crippen LogP contribution in [0.3, 0.4) is 0 Å². The smallest absolute Gasteiger partial charge is 0.218 e.